The molecule has 3 rings (SSSR count). The molecule has 0 bridgehead atoms. The van der Waals surface area contributed by atoms with Crippen LogP contribution in [-0.2, 0) is 16.0 Å². The monoisotopic (exact) mass is 258 g/mol. The fraction of sp³-hybridized carbons (Fsp3) is 0.438. The highest BCUT2D eigenvalue weighted by Gasteiger charge is 2.27. The highest BCUT2D eigenvalue weighted by Crippen LogP contribution is 2.35. The quantitative estimate of drug-likeness (QED) is 0.779. The molecule has 100 valence electrons. The van der Waals surface area contributed by atoms with E-state index in [0.717, 1.165) is 31.4 Å². The Kier molecular flexibility index (Phi) is 3.28. The van der Waals surface area contributed by atoms with Gasteiger partial charge in [-0.05, 0) is 54.5 Å². The first-order chi connectivity index (χ1) is 9.28. The van der Waals surface area contributed by atoms with Crippen LogP contribution in [0.25, 0.3) is 5.57 Å². The molecule has 1 saturated heterocycles. The number of benzene rings is 1. The summed E-state index contributed by atoms with van der Waals surface area (Å²) in [5.74, 6) is 0.965. The third kappa shape index (κ3) is 2.37. The molecule has 1 aliphatic carbocycles. The van der Waals surface area contributed by atoms with E-state index in [2.05, 4.69) is 18.2 Å². The maximum Gasteiger partial charge on any atom is 0.309 e. The van der Waals surface area contributed by atoms with Gasteiger partial charge in [-0.15, -0.1) is 0 Å². The number of methoxy groups -OCH3 is 1. The third-order valence-electron chi connectivity index (χ3n) is 4.04. The predicted octanol–water partition coefficient (Wildman–Crippen LogP) is 2.98. The van der Waals surface area contributed by atoms with Gasteiger partial charge in [-0.25, -0.2) is 0 Å². The average Bonchev–Trinajstić information content (AvgIpc) is 3.02. The van der Waals surface area contributed by atoms with Gasteiger partial charge in [0.25, 0.3) is 0 Å². The molecule has 1 aliphatic heterocycles. The summed E-state index contributed by atoms with van der Waals surface area (Å²) < 4.78 is 10.3. The third-order valence-corrected chi connectivity index (χ3v) is 4.04. The first kappa shape index (κ1) is 12.3. The van der Waals surface area contributed by atoms with Gasteiger partial charge in [-0.3, -0.25) is 4.79 Å². The maximum absolute atomic E-state index is 11.5. The minimum atomic E-state index is -0.0236. The van der Waals surface area contributed by atoms with Crippen molar-refractivity contribution in [2.24, 2.45) is 5.92 Å². The number of hydrogen-bond acceptors (Lipinski definition) is 3. The lowest BCUT2D eigenvalue weighted by Gasteiger charge is -2.09. The van der Waals surface area contributed by atoms with Crippen LogP contribution in [0.1, 0.15) is 30.4 Å². The summed E-state index contributed by atoms with van der Waals surface area (Å²) in [5, 5.41) is 0. The van der Waals surface area contributed by atoms with E-state index in [4.69, 9.17) is 9.47 Å². The molecule has 1 aromatic carbocycles. The van der Waals surface area contributed by atoms with Crippen molar-refractivity contribution in [1.29, 1.82) is 0 Å². The van der Waals surface area contributed by atoms with Crippen LogP contribution in [0.4, 0.5) is 0 Å². The number of allylic oxidation sites excluding steroid dienone is 2. The van der Waals surface area contributed by atoms with Crippen LogP contribution < -0.4 is 4.74 Å². The maximum atomic E-state index is 11.5. The number of carbonyl (C=O) groups is 1. The predicted molar refractivity (Wildman–Crippen MR) is 73.0 cm³/mol. The zero-order valence-corrected chi connectivity index (χ0v) is 11.1. The van der Waals surface area contributed by atoms with Crippen LogP contribution in [0.15, 0.2) is 24.3 Å². The average molecular weight is 258 g/mol. The van der Waals surface area contributed by atoms with Gasteiger partial charge in [0.05, 0.1) is 19.6 Å². The smallest absolute Gasteiger partial charge is 0.309 e. The van der Waals surface area contributed by atoms with Crippen molar-refractivity contribution in [3.8, 4) is 5.75 Å². The lowest BCUT2D eigenvalue weighted by molar-refractivity contribution is -0.141. The van der Waals surface area contributed by atoms with E-state index < -0.39 is 0 Å². The van der Waals surface area contributed by atoms with Crippen molar-refractivity contribution in [1.82, 2.24) is 0 Å². The molecule has 0 aromatic heterocycles. The molecular weight excluding hydrogens is 240 g/mol. The standard InChI is InChI=1S/C16H18O3/c1-18-14-7-6-12-3-2-11(15(12)10-14)4-5-13-8-9-19-16(13)17/h2,6-7,10,13H,3-5,8-9H2,1H3. The molecule has 1 atom stereocenters. The molecule has 19 heavy (non-hydrogen) atoms. The van der Waals surface area contributed by atoms with Gasteiger partial charge >= 0.3 is 5.97 Å². The lowest BCUT2D eigenvalue weighted by atomic mass is 9.95. The second kappa shape index (κ2) is 5.08. The Labute approximate surface area is 113 Å². The highest BCUT2D eigenvalue weighted by atomic mass is 16.5. The number of hydrogen-bond donors (Lipinski definition) is 0. The zero-order chi connectivity index (χ0) is 13.2. The van der Waals surface area contributed by atoms with Gasteiger partial charge in [0.2, 0.25) is 0 Å². The SMILES string of the molecule is COc1ccc2c(c1)C(CCC1CCOC1=O)=CC2. The topological polar surface area (TPSA) is 35.5 Å². The van der Waals surface area contributed by atoms with E-state index in [1.165, 1.54) is 16.7 Å². The molecule has 0 N–H and O–H groups in total. The van der Waals surface area contributed by atoms with Gasteiger partial charge in [-0.2, -0.15) is 0 Å². The summed E-state index contributed by atoms with van der Waals surface area (Å²) in [5.41, 5.74) is 3.98. The van der Waals surface area contributed by atoms with Crippen LogP contribution in [-0.4, -0.2) is 19.7 Å². The summed E-state index contributed by atoms with van der Waals surface area (Å²) in [7, 11) is 1.69. The number of cyclic esters (lactones) is 1. The largest absolute Gasteiger partial charge is 0.497 e. The fourth-order valence-corrected chi connectivity index (χ4v) is 2.87. The Morgan fingerprint density at radius 3 is 3.05 bits per heavy atom. The normalized spacial score (nSPS) is 21.0. The second-order valence-corrected chi connectivity index (χ2v) is 5.15. The van der Waals surface area contributed by atoms with Gasteiger partial charge < -0.3 is 9.47 Å². The highest BCUT2D eigenvalue weighted by molar-refractivity contribution is 5.76. The van der Waals surface area contributed by atoms with E-state index in [1.54, 1.807) is 7.11 Å². The minimum absolute atomic E-state index is 0.0236. The molecule has 3 nitrogen and oxygen atoms in total. The molecule has 1 fully saturated rings. The number of ether oxygens (including phenoxy) is 2. The molecule has 1 heterocycles. The lowest BCUT2D eigenvalue weighted by Crippen LogP contribution is -2.07. The Hall–Kier alpha value is -1.77. The Balaban J connectivity index is 1.69. The Morgan fingerprint density at radius 2 is 2.32 bits per heavy atom. The summed E-state index contributed by atoms with van der Waals surface area (Å²) in [6, 6.07) is 6.23. The Bertz CT molecular complexity index is 531. The van der Waals surface area contributed by atoms with Gasteiger partial charge in [0.15, 0.2) is 0 Å². The van der Waals surface area contributed by atoms with Crippen LogP contribution >= 0.6 is 0 Å². The second-order valence-electron chi connectivity index (χ2n) is 5.15. The van der Waals surface area contributed by atoms with Crippen molar-refractivity contribution in [2.75, 3.05) is 13.7 Å². The van der Waals surface area contributed by atoms with Gasteiger partial charge in [0, 0.05) is 0 Å². The number of esters is 1. The van der Waals surface area contributed by atoms with Gasteiger partial charge in [-0.1, -0.05) is 12.1 Å². The van der Waals surface area contributed by atoms with Crippen LogP contribution in [0.2, 0.25) is 0 Å². The van der Waals surface area contributed by atoms with E-state index in [-0.39, 0.29) is 11.9 Å². The molecule has 0 spiro atoms. The molecular formula is C16H18O3. The molecule has 0 saturated carbocycles. The van der Waals surface area contributed by atoms with Crippen LogP contribution in [0.3, 0.4) is 0 Å². The minimum Gasteiger partial charge on any atom is -0.497 e. The summed E-state index contributed by atoms with van der Waals surface area (Å²) in [4.78, 5) is 11.5. The molecule has 1 unspecified atom stereocenters. The van der Waals surface area contributed by atoms with Crippen molar-refractivity contribution in [3.05, 3.63) is 35.4 Å². The Morgan fingerprint density at radius 1 is 1.42 bits per heavy atom. The van der Waals surface area contributed by atoms with Crippen molar-refractivity contribution in [2.45, 2.75) is 25.7 Å². The molecule has 2 aliphatic rings. The molecule has 0 radical (unpaired) electrons. The molecule has 3 heteroatoms. The first-order valence-corrected chi connectivity index (χ1v) is 6.81. The van der Waals surface area contributed by atoms with E-state index in [0.29, 0.717) is 6.61 Å². The van der Waals surface area contributed by atoms with Crippen LogP contribution in [0.5, 0.6) is 5.75 Å². The van der Waals surface area contributed by atoms with Gasteiger partial charge in [0.1, 0.15) is 5.75 Å². The van der Waals surface area contributed by atoms with Crippen molar-refractivity contribution >= 4 is 11.5 Å². The molecule has 1 aromatic rings. The van der Waals surface area contributed by atoms with Crippen molar-refractivity contribution < 1.29 is 14.3 Å². The van der Waals surface area contributed by atoms with E-state index in [9.17, 15) is 4.79 Å². The van der Waals surface area contributed by atoms with Crippen molar-refractivity contribution in [3.63, 3.8) is 0 Å². The number of rotatable bonds is 4. The summed E-state index contributed by atoms with van der Waals surface area (Å²) >= 11 is 0. The fourth-order valence-electron chi connectivity index (χ4n) is 2.87. The van der Waals surface area contributed by atoms with E-state index in [1.807, 2.05) is 6.07 Å². The summed E-state index contributed by atoms with van der Waals surface area (Å²) in [6.07, 6.45) is 5.96. The summed E-state index contributed by atoms with van der Waals surface area (Å²) in [6.45, 7) is 0.590. The zero-order valence-electron chi connectivity index (χ0n) is 11.1. The van der Waals surface area contributed by atoms with Crippen LogP contribution in [0, 0.1) is 5.92 Å². The number of fused-ring (bicyclic) bond motifs is 1. The van der Waals surface area contributed by atoms with E-state index >= 15 is 0 Å². The molecule has 0 amide bonds. The first-order valence-electron chi connectivity index (χ1n) is 6.81. The number of carbonyl (C=O) groups excluding carboxylic acids is 1.